The van der Waals surface area contributed by atoms with Crippen LogP contribution in [0.1, 0.15) is 42.1 Å². The molecule has 1 fully saturated rings. The average Bonchev–Trinajstić information content (AvgIpc) is 3.08. The van der Waals surface area contributed by atoms with Crippen LogP contribution in [0.4, 0.5) is 5.82 Å². The van der Waals surface area contributed by atoms with Crippen LogP contribution < -0.4 is 5.32 Å². The van der Waals surface area contributed by atoms with E-state index in [4.69, 9.17) is 0 Å². The number of hydrogen-bond donors (Lipinski definition) is 2. The molecular weight excluding hydrogens is 254 g/mol. The van der Waals surface area contributed by atoms with E-state index in [1.165, 1.54) is 18.9 Å². The third-order valence-electron chi connectivity index (χ3n) is 3.69. The molecule has 0 bridgehead atoms. The smallest absolute Gasteiger partial charge is 0.256 e. The quantitative estimate of drug-likeness (QED) is 0.901. The van der Waals surface area contributed by atoms with Gasteiger partial charge in [0, 0.05) is 11.6 Å². The standard InChI is InChI=1S/C15H17N3O2/c19-13-7-3-4-11(10-13)15(20)17-14-8-9-16-18(14)12-5-1-2-6-12/h3-4,7-10,12,19H,1-2,5-6H2,(H,17,20). The van der Waals surface area contributed by atoms with Crippen molar-refractivity contribution in [1.29, 1.82) is 0 Å². The van der Waals surface area contributed by atoms with Crippen molar-refractivity contribution >= 4 is 11.7 Å². The zero-order valence-electron chi connectivity index (χ0n) is 11.1. The van der Waals surface area contributed by atoms with Gasteiger partial charge < -0.3 is 10.4 Å². The molecule has 0 atom stereocenters. The van der Waals surface area contributed by atoms with Gasteiger partial charge in [-0.3, -0.25) is 4.79 Å². The summed E-state index contributed by atoms with van der Waals surface area (Å²) in [5.41, 5.74) is 0.434. The number of benzene rings is 1. The van der Waals surface area contributed by atoms with Gasteiger partial charge in [0.1, 0.15) is 11.6 Å². The maximum absolute atomic E-state index is 12.2. The molecule has 1 heterocycles. The second-order valence-corrected chi connectivity index (χ2v) is 5.10. The highest BCUT2D eigenvalue weighted by molar-refractivity contribution is 6.04. The fourth-order valence-electron chi connectivity index (χ4n) is 2.69. The Kier molecular flexibility index (Phi) is 3.41. The van der Waals surface area contributed by atoms with E-state index in [0.29, 0.717) is 17.4 Å². The van der Waals surface area contributed by atoms with Crippen molar-refractivity contribution in [2.24, 2.45) is 0 Å². The van der Waals surface area contributed by atoms with Crippen molar-refractivity contribution in [3.8, 4) is 5.75 Å². The zero-order valence-corrected chi connectivity index (χ0v) is 11.1. The number of anilines is 1. The van der Waals surface area contributed by atoms with Gasteiger partial charge >= 0.3 is 0 Å². The first kappa shape index (κ1) is 12.7. The minimum Gasteiger partial charge on any atom is -0.508 e. The minimum absolute atomic E-state index is 0.0851. The van der Waals surface area contributed by atoms with E-state index < -0.39 is 0 Å². The normalized spacial score (nSPS) is 15.4. The molecule has 3 rings (SSSR count). The summed E-state index contributed by atoms with van der Waals surface area (Å²) >= 11 is 0. The third-order valence-corrected chi connectivity index (χ3v) is 3.69. The van der Waals surface area contributed by atoms with Crippen molar-refractivity contribution in [3.63, 3.8) is 0 Å². The molecule has 104 valence electrons. The van der Waals surface area contributed by atoms with Gasteiger partial charge in [-0.15, -0.1) is 0 Å². The SMILES string of the molecule is O=C(Nc1ccnn1C1CCCC1)c1cccc(O)c1. The molecule has 20 heavy (non-hydrogen) atoms. The zero-order chi connectivity index (χ0) is 13.9. The molecule has 2 N–H and O–H groups in total. The Morgan fingerprint density at radius 2 is 2.10 bits per heavy atom. The lowest BCUT2D eigenvalue weighted by Crippen LogP contribution is -2.17. The second kappa shape index (κ2) is 5.36. The van der Waals surface area contributed by atoms with Gasteiger partial charge in [0.05, 0.1) is 12.2 Å². The second-order valence-electron chi connectivity index (χ2n) is 5.10. The van der Waals surface area contributed by atoms with E-state index in [1.807, 2.05) is 4.68 Å². The number of phenolic OH excluding ortho intramolecular Hbond substituents is 1. The highest BCUT2D eigenvalue weighted by Gasteiger charge is 2.20. The first-order valence-electron chi connectivity index (χ1n) is 6.88. The Balaban J connectivity index is 1.78. The van der Waals surface area contributed by atoms with E-state index >= 15 is 0 Å². The lowest BCUT2D eigenvalue weighted by Gasteiger charge is -2.14. The van der Waals surface area contributed by atoms with Crippen LogP contribution in [0.25, 0.3) is 0 Å². The first-order valence-corrected chi connectivity index (χ1v) is 6.88. The van der Waals surface area contributed by atoms with E-state index in [0.717, 1.165) is 12.8 Å². The lowest BCUT2D eigenvalue weighted by molar-refractivity contribution is 0.102. The molecule has 5 nitrogen and oxygen atoms in total. The van der Waals surface area contributed by atoms with Crippen LogP contribution in [-0.4, -0.2) is 20.8 Å². The summed E-state index contributed by atoms with van der Waals surface area (Å²) in [6.45, 7) is 0. The van der Waals surface area contributed by atoms with Crippen LogP contribution >= 0.6 is 0 Å². The Bertz CT molecular complexity index is 615. The molecule has 1 saturated carbocycles. The highest BCUT2D eigenvalue weighted by atomic mass is 16.3. The fraction of sp³-hybridized carbons (Fsp3) is 0.333. The van der Waals surface area contributed by atoms with Crippen molar-refractivity contribution < 1.29 is 9.90 Å². The van der Waals surface area contributed by atoms with Gasteiger partial charge in [-0.05, 0) is 31.0 Å². The average molecular weight is 271 g/mol. The van der Waals surface area contributed by atoms with Crippen molar-refractivity contribution in [2.45, 2.75) is 31.7 Å². The summed E-state index contributed by atoms with van der Waals surface area (Å²) in [5.74, 6) is 0.563. The van der Waals surface area contributed by atoms with E-state index in [2.05, 4.69) is 10.4 Å². The monoisotopic (exact) mass is 271 g/mol. The largest absolute Gasteiger partial charge is 0.508 e. The summed E-state index contributed by atoms with van der Waals surface area (Å²) < 4.78 is 1.90. The van der Waals surface area contributed by atoms with Gasteiger partial charge in [-0.1, -0.05) is 18.9 Å². The number of nitrogens with zero attached hydrogens (tertiary/aromatic N) is 2. The molecule has 0 spiro atoms. The van der Waals surface area contributed by atoms with Crippen LogP contribution in [0.15, 0.2) is 36.5 Å². The van der Waals surface area contributed by atoms with Crippen molar-refractivity contribution in [2.75, 3.05) is 5.32 Å². The predicted molar refractivity (Wildman–Crippen MR) is 75.8 cm³/mol. The number of amides is 1. The molecule has 1 amide bonds. The van der Waals surface area contributed by atoms with E-state index in [9.17, 15) is 9.90 Å². The lowest BCUT2D eigenvalue weighted by atomic mass is 10.2. The summed E-state index contributed by atoms with van der Waals surface area (Å²) in [6.07, 6.45) is 6.35. The predicted octanol–water partition coefficient (Wildman–Crippen LogP) is 2.96. The van der Waals surface area contributed by atoms with Crippen LogP contribution in [0.3, 0.4) is 0 Å². The molecule has 0 unspecified atom stereocenters. The van der Waals surface area contributed by atoms with Crippen LogP contribution in [0.5, 0.6) is 5.75 Å². The highest BCUT2D eigenvalue weighted by Crippen LogP contribution is 2.31. The van der Waals surface area contributed by atoms with Crippen molar-refractivity contribution in [1.82, 2.24) is 9.78 Å². The van der Waals surface area contributed by atoms with Gasteiger partial charge in [0.15, 0.2) is 0 Å². The topological polar surface area (TPSA) is 67.2 Å². The number of carbonyl (C=O) groups excluding carboxylic acids is 1. The maximum atomic E-state index is 12.2. The number of carbonyl (C=O) groups is 1. The minimum atomic E-state index is -0.236. The van der Waals surface area contributed by atoms with Crippen molar-refractivity contribution in [3.05, 3.63) is 42.1 Å². The maximum Gasteiger partial charge on any atom is 0.256 e. The van der Waals surface area contributed by atoms with Crippen LogP contribution in [-0.2, 0) is 0 Å². The van der Waals surface area contributed by atoms with Gasteiger partial charge in [-0.25, -0.2) is 4.68 Å². The molecule has 1 aliphatic carbocycles. The number of nitrogens with one attached hydrogen (secondary N) is 1. The summed E-state index contributed by atoms with van der Waals surface area (Å²) in [7, 11) is 0. The Morgan fingerprint density at radius 1 is 1.30 bits per heavy atom. The molecule has 0 aliphatic heterocycles. The van der Waals surface area contributed by atoms with Gasteiger partial charge in [0.25, 0.3) is 5.91 Å². The summed E-state index contributed by atoms with van der Waals surface area (Å²) in [4.78, 5) is 12.2. The Morgan fingerprint density at radius 3 is 2.85 bits per heavy atom. The van der Waals surface area contributed by atoms with E-state index in [-0.39, 0.29) is 11.7 Å². The van der Waals surface area contributed by atoms with Gasteiger partial charge in [0.2, 0.25) is 0 Å². The molecular formula is C15H17N3O2. The fourth-order valence-corrected chi connectivity index (χ4v) is 2.69. The molecule has 1 aliphatic rings. The number of rotatable bonds is 3. The van der Waals surface area contributed by atoms with Gasteiger partial charge in [-0.2, -0.15) is 5.10 Å². The van der Waals surface area contributed by atoms with Crippen LogP contribution in [0.2, 0.25) is 0 Å². The summed E-state index contributed by atoms with van der Waals surface area (Å²) in [5, 5.41) is 16.6. The number of phenols is 1. The first-order chi connectivity index (χ1) is 9.74. The molecule has 2 aromatic rings. The van der Waals surface area contributed by atoms with E-state index in [1.54, 1.807) is 30.5 Å². The molecule has 0 saturated heterocycles. The molecule has 0 radical (unpaired) electrons. The Labute approximate surface area is 117 Å². The Hall–Kier alpha value is -2.30. The molecule has 1 aromatic carbocycles. The molecule has 5 heteroatoms. The third kappa shape index (κ3) is 2.52. The number of aromatic nitrogens is 2. The number of aromatic hydroxyl groups is 1. The van der Waals surface area contributed by atoms with Crippen LogP contribution in [0, 0.1) is 0 Å². The summed E-state index contributed by atoms with van der Waals surface area (Å²) in [6, 6.07) is 8.50. The molecule has 1 aromatic heterocycles. The number of hydrogen-bond acceptors (Lipinski definition) is 3.